The molecule has 0 radical (unpaired) electrons. The number of hydrogen-bond acceptors (Lipinski definition) is 4. The Balaban J connectivity index is 2.07. The van der Waals surface area contributed by atoms with Crippen molar-refractivity contribution in [3.63, 3.8) is 0 Å². The first-order valence-electron chi connectivity index (χ1n) is 6.52. The monoisotopic (exact) mass is 338 g/mol. The second-order valence-corrected chi connectivity index (χ2v) is 6.76. The fraction of sp³-hybridized carbons (Fsp3) is 0.200. The molecule has 21 heavy (non-hydrogen) atoms. The lowest BCUT2D eigenvalue weighted by Crippen LogP contribution is -1.89. The number of thioether (sulfide) groups is 1. The molecule has 3 aromatic rings. The number of benzene rings is 1. The number of nitrogens with zero attached hydrogens (tertiary/aromatic N) is 2. The van der Waals surface area contributed by atoms with Crippen molar-refractivity contribution in [3.05, 3.63) is 40.6 Å². The predicted octanol–water partition coefficient (Wildman–Crippen LogP) is 5.65. The van der Waals surface area contributed by atoms with Crippen LogP contribution in [0.5, 0.6) is 0 Å². The van der Waals surface area contributed by atoms with Crippen LogP contribution in [0.3, 0.4) is 0 Å². The Morgan fingerprint density at radius 2 is 2.00 bits per heavy atom. The molecule has 0 N–H and O–H groups in total. The van der Waals surface area contributed by atoms with E-state index in [2.05, 4.69) is 16.9 Å². The number of aromatic nitrogens is 2. The summed E-state index contributed by atoms with van der Waals surface area (Å²) in [5.41, 5.74) is 1.87. The van der Waals surface area contributed by atoms with Crippen LogP contribution >= 0.6 is 34.7 Å². The van der Waals surface area contributed by atoms with Gasteiger partial charge in [0.2, 0.25) is 0 Å². The smallest absolute Gasteiger partial charge is 0.190 e. The largest absolute Gasteiger partial charge is 0.211 e. The Morgan fingerprint density at radius 1 is 1.24 bits per heavy atom. The highest BCUT2D eigenvalue weighted by atomic mass is 35.5. The summed E-state index contributed by atoms with van der Waals surface area (Å²) in [4.78, 5) is 9.78. The van der Waals surface area contributed by atoms with Gasteiger partial charge in [0.1, 0.15) is 15.8 Å². The minimum absolute atomic E-state index is 0.251. The van der Waals surface area contributed by atoms with Crippen molar-refractivity contribution in [2.45, 2.75) is 18.5 Å². The zero-order valence-corrected chi connectivity index (χ0v) is 13.7. The van der Waals surface area contributed by atoms with E-state index in [1.807, 2.05) is 5.38 Å². The van der Waals surface area contributed by atoms with Crippen LogP contribution in [0.15, 0.2) is 34.8 Å². The van der Waals surface area contributed by atoms with Gasteiger partial charge in [-0.1, -0.05) is 42.4 Å². The third-order valence-electron chi connectivity index (χ3n) is 2.96. The average molecular weight is 339 g/mol. The van der Waals surface area contributed by atoms with E-state index >= 15 is 0 Å². The molecule has 2 aromatic heterocycles. The van der Waals surface area contributed by atoms with Crippen molar-refractivity contribution in [2.24, 2.45) is 0 Å². The van der Waals surface area contributed by atoms with Crippen LogP contribution in [0.2, 0.25) is 5.15 Å². The minimum atomic E-state index is -0.251. The summed E-state index contributed by atoms with van der Waals surface area (Å²) in [6.45, 7) is 2.12. The van der Waals surface area contributed by atoms with E-state index in [-0.39, 0.29) is 5.82 Å². The minimum Gasteiger partial charge on any atom is -0.211 e. The second kappa shape index (κ2) is 6.30. The molecule has 0 fully saturated rings. The Bertz CT molecular complexity index is 771. The van der Waals surface area contributed by atoms with Crippen molar-refractivity contribution in [2.75, 3.05) is 5.75 Å². The van der Waals surface area contributed by atoms with Gasteiger partial charge in [-0.3, -0.25) is 0 Å². The first-order chi connectivity index (χ1) is 10.2. The molecular formula is C15H12ClFN2S2. The standard InChI is InChI=1S/C15H12ClFN2S2/c1-2-7-20-15-18-13(16)12-11(8-21-14(12)19-15)9-3-5-10(17)6-4-9/h3-6,8H,2,7H2,1H3. The van der Waals surface area contributed by atoms with Gasteiger partial charge >= 0.3 is 0 Å². The lowest BCUT2D eigenvalue weighted by Gasteiger charge is -2.03. The summed E-state index contributed by atoms with van der Waals surface area (Å²) >= 11 is 9.48. The zero-order chi connectivity index (χ0) is 14.8. The summed E-state index contributed by atoms with van der Waals surface area (Å²) in [7, 11) is 0. The van der Waals surface area contributed by atoms with Gasteiger partial charge in [-0.2, -0.15) is 0 Å². The highest BCUT2D eigenvalue weighted by Crippen LogP contribution is 2.37. The van der Waals surface area contributed by atoms with Crippen molar-refractivity contribution in [3.8, 4) is 11.1 Å². The average Bonchev–Trinajstić information content (AvgIpc) is 2.90. The molecule has 108 valence electrons. The molecule has 0 aliphatic heterocycles. The molecule has 0 spiro atoms. The van der Waals surface area contributed by atoms with Crippen LogP contribution in [-0.4, -0.2) is 15.7 Å². The molecule has 2 nitrogen and oxygen atoms in total. The quantitative estimate of drug-likeness (QED) is 0.349. The SMILES string of the molecule is CCCSc1nc(Cl)c2c(-c3ccc(F)cc3)csc2n1. The van der Waals surface area contributed by atoms with Crippen LogP contribution in [0, 0.1) is 5.82 Å². The van der Waals surface area contributed by atoms with Crippen LogP contribution in [0.4, 0.5) is 4.39 Å². The first kappa shape index (κ1) is 14.8. The summed E-state index contributed by atoms with van der Waals surface area (Å²) < 4.78 is 13.0. The van der Waals surface area contributed by atoms with Crippen molar-refractivity contribution in [1.82, 2.24) is 9.97 Å². The van der Waals surface area contributed by atoms with E-state index in [0.717, 1.165) is 33.5 Å². The number of fused-ring (bicyclic) bond motifs is 1. The van der Waals surface area contributed by atoms with Crippen LogP contribution in [-0.2, 0) is 0 Å². The van der Waals surface area contributed by atoms with Gasteiger partial charge in [-0.05, 0) is 24.1 Å². The lowest BCUT2D eigenvalue weighted by atomic mass is 10.1. The summed E-state index contributed by atoms with van der Waals surface area (Å²) in [5, 5.41) is 4.00. The van der Waals surface area contributed by atoms with Gasteiger partial charge in [-0.25, -0.2) is 14.4 Å². The van der Waals surface area contributed by atoms with Gasteiger partial charge < -0.3 is 0 Å². The first-order valence-corrected chi connectivity index (χ1v) is 8.77. The lowest BCUT2D eigenvalue weighted by molar-refractivity contribution is 0.628. The maximum atomic E-state index is 13.0. The Kier molecular flexibility index (Phi) is 4.42. The molecule has 6 heteroatoms. The van der Waals surface area contributed by atoms with Crippen LogP contribution in [0.1, 0.15) is 13.3 Å². The van der Waals surface area contributed by atoms with E-state index < -0.39 is 0 Å². The maximum Gasteiger partial charge on any atom is 0.190 e. The van der Waals surface area contributed by atoms with Crippen LogP contribution < -0.4 is 0 Å². The summed E-state index contributed by atoms with van der Waals surface area (Å²) in [6, 6.07) is 6.37. The number of hydrogen-bond donors (Lipinski definition) is 0. The van der Waals surface area contributed by atoms with E-state index in [1.165, 1.54) is 23.5 Å². The molecular weight excluding hydrogens is 327 g/mol. The molecule has 0 amide bonds. The molecule has 0 aliphatic rings. The normalized spacial score (nSPS) is 11.2. The predicted molar refractivity (Wildman–Crippen MR) is 88.8 cm³/mol. The summed E-state index contributed by atoms with van der Waals surface area (Å²) in [5.74, 6) is 0.719. The van der Waals surface area contributed by atoms with Crippen molar-refractivity contribution < 1.29 is 4.39 Å². The fourth-order valence-electron chi connectivity index (χ4n) is 1.98. The molecule has 0 unspecified atom stereocenters. The number of halogens is 2. The zero-order valence-electron chi connectivity index (χ0n) is 11.3. The van der Waals surface area contributed by atoms with Crippen molar-refractivity contribution >= 4 is 44.9 Å². The van der Waals surface area contributed by atoms with E-state index in [0.29, 0.717) is 10.3 Å². The van der Waals surface area contributed by atoms with Gasteiger partial charge in [0, 0.05) is 16.7 Å². The van der Waals surface area contributed by atoms with E-state index in [9.17, 15) is 4.39 Å². The Morgan fingerprint density at radius 3 is 2.71 bits per heavy atom. The third kappa shape index (κ3) is 3.05. The summed E-state index contributed by atoms with van der Waals surface area (Å²) in [6.07, 6.45) is 1.06. The molecule has 0 saturated heterocycles. The molecule has 0 saturated carbocycles. The van der Waals surface area contributed by atoms with E-state index in [4.69, 9.17) is 11.6 Å². The highest BCUT2D eigenvalue weighted by molar-refractivity contribution is 7.99. The van der Waals surface area contributed by atoms with Gasteiger partial charge in [0.15, 0.2) is 5.16 Å². The fourth-order valence-corrected chi connectivity index (χ4v) is 4.06. The second-order valence-electron chi connectivity index (χ2n) is 4.48. The van der Waals surface area contributed by atoms with E-state index in [1.54, 1.807) is 23.9 Å². The molecule has 2 heterocycles. The molecule has 0 bridgehead atoms. The number of rotatable bonds is 4. The molecule has 0 aliphatic carbocycles. The Hall–Kier alpha value is -1.17. The van der Waals surface area contributed by atoms with Crippen LogP contribution in [0.25, 0.3) is 21.3 Å². The number of thiophene rings is 1. The van der Waals surface area contributed by atoms with Gasteiger partial charge in [-0.15, -0.1) is 11.3 Å². The van der Waals surface area contributed by atoms with Gasteiger partial charge in [0.05, 0.1) is 5.39 Å². The maximum absolute atomic E-state index is 13.0. The molecule has 1 aromatic carbocycles. The molecule has 0 atom stereocenters. The van der Waals surface area contributed by atoms with Crippen molar-refractivity contribution in [1.29, 1.82) is 0 Å². The third-order valence-corrected chi connectivity index (χ3v) is 5.16. The highest BCUT2D eigenvalue weighted by Gasteiger charge is 2.14. The molecule has 3 rings (SSSR count). The Labute approximate surface area is 135 Å². The topological polar surface area (TPSA) is 25.8 Å². The van der Waals surface area contributed by atoms with Gasteiger partial charge in [0.25, 0.3) is 0 Å².